The van der Waals surface area contributed by atoms with Crippen molar-refractivity contribution in [2.45, 2.75) is 44.6 Å². The van der Waals surface area contributed by atoms with Gasteiger partial charge in [0.1, 0.15) is 23.1 Å². The number of hydrogen-bond acceptors (Lipinski definition) is 6. The van der Waals surface area contributed by atoms with Gasteiger partial charge in [-0.3, -0.25) is 14.0 Å². The summed E-state index contributed by atoms with van der Waals surface area (Å²) in [4.78, 5) is 32.8. The van der Waals surface area contributed by atoms with Crippen molar-refractivity contribution in [3.63, 3.8) is 0 Å². The Morgan fingerprint density at radius 3 is 2.77 bits per heavy atom. The molecule has 0 saturated carbocycles. The predicted octanol–water partition coefficient (Wildman–Crippen LogP) is 2.28. The summed E-state index contributed by atoms with van der Waals surface area (Å²) in [6.07, 6.45) is 9.20. The molecule has 8 heteroatoms. The van der Waals surface area contributed by atoms with Gasteiger partial charge in [0.2, 0.25) is 0 Å². The molecule has 1 amide bonds. The van der Waals surface area contributed by atoms with Crippen LogP contribution in [0.3, 0.4) is 0 Å². The lowest BCUT2D eigenvalue weighted by Gasteiger charge is -2.23. The number of pyridine rings is 1. The van der Waals surface area contributed by atoms with Crippen molar-refractivity contribution in [3.05, 3.63) is 45.9 Å². The van der Waals surface area contributed by atoms with E-state index in [0.717, 1.165) is 51.6 Å². The van der Waals surface area contributed by atoms with Crippen molar-refractivity contribution in [1.82, 2.24) is 14.7 Å². The van der Waals surface area contributed by atoms with Gasteiger partial charge in [-0.05, 0) is 43.9 Å². The predicted molar refractivity (Wildman–Crippen MR) is 118 cm³/mol. The van der Waals surface area contributed by atoms with E-state index in [1.165, 1.54) is 10.5 Å². The third-order valence-corrected chi connectivity index (χ3v) is 5.82. The monoisotopic (exact) mass is 421 g/mol. The Morgan fingerprint density at radius 1 is 1.26 bits per heavy atom. The Bertz CT molecular complexity index is 1070. The van der Waals surface area contributed by atoms with Crippen LogP contribution in [0.5, 0.6) is 0 Å². The summed E-state index contributed by atoms with van der Waals surface area (Å²) >= 11 is 0. The molecule has 2 fully saturated rings. The molecule has 0 radical (unpaired) electrons. The van der Waals surface area contributed by atoms with E-state index < -0.39 is 5.91 Å². The van der Waals surface area contributed by atoms with Gasteiger partial charge in [-0.15, -0.1) is 0 Å². The fourth-order valence-corrected chi connectivity index (χ4v) is 4.14. The normalized spacial score (nSPS) is 19.8. The fraction of sp³-hybridized carbons (Fsp3) is 0.478. The van der Waals surface area contributed by atoms with Crippen LogP contribution in [0.15, 0.2) is 34.8 Å². The van der Waals surface area contributed by atoms with E-state index in [9.17, 15) is 14.9 Å². The molecule has 1 unspecified atom stereocenters. The summed E-state index contributed by atoms with van der Waals surface area (Å²) in [5.41, 5.74) is 0.424. The van der Waals surface area contributed by atoms with Crippen molar-refractivity contribution in [3.8, 4) is 6.07 Å². The number of rotatable bonds is 5. The van der Waals surface area contributed by atoms with Crippen LogP contribution in [0.4, 0.5) is 5.82 Å². The second-order valence-electron chi connectivity index (χ2n) is 8.00. The van der Waals surface area contributed by atoms with Gasteiger partial charge in [0.15, 0.2) is 0 Å². The summed E-state index contributed by atoms with van der Waals surface area (Å²) in [7, 11) is 0. The van der Waals surface area contributed by atoms with E-state index in [4.69, 9.17) is 9.72 Å². The molecule has 31 heavy (non-hydrogen) atoms. The van der Waals surface area contributed by atoms with E-state index in [2.05, 4.69) is 10.2 Å². The van der Waals surface area contributed by atoms with Crippen LogP contribution >= 0.6 is 0 Å². The third kappa shape index (κ3) is 4.78. The van der Waals surface area contributed by atoms with Crippen molar-refractivity contribution >= 4 is 23.4 Å². The zero-order chi connectivity index (χ0) is 21.6. The van der Waals surface area contributed by atoms with Crippen LogP contribution in [-0.2, 0) is 9.53 Å². The largest absolute Gasteiger partial charge is 0.376 e. The number of carbonyl (C=O) groups excluding carboxylic acids is 1. The van der Waals surface area contributed by atoms with Crippen molar-refractivity contribution < 1.29 is 9.53 Å². The molecule has 2 aliphatic rings. The maximum Gasteiger partial charge on any atom is 0.267 e. The second kappa shape index (κ2) is 9.75. The van der Waals surface area contributed by atoms with Gasteiger partial charge >= 0.3 is 0 Å². The van der Waals surface area contributed by atoms with Crippen molar-refractivity contribution in [1.29, 1.82) is 5.26 Å². The summed E-state index contributed by atoms with van der Waals surface area (Å²) in [5.74, 6) is 0.0372. The number of hydrogen-bond donors (Lipinski definition) is 1. The molecule has 1 N–H and O–H groups in total. The maximum atomic E-state index is 13.3. The van der Waals surface area contributed by atoms with Crippen LogP contribution in [0.2, 0.25) is 0 Å². The topological polar surface area (TPSA) is 99.7 Å². The van der Waals surface area contributed by atoms with Gasteiger partial charge in [-0.2, -0.15) is 5.26 Å². The number of ether oxygens (including phenoxy) is 1. The zero-order valence-corrected chi connectivity index (χ0v) is 17.5. The first-order valence-corrected chi connectivity index (χ1v) is 11.0. The average molecular weight is 422 g/mol. The molecule has 2 aromatic rings. The van der Waals surface area contributed by atoms with E-state index in [0.29, 0.717) is 24.6 Å². The Morgan fingerprint density at radius 2 is 2.06 bits per heavy atom. The minimum absolute atomic E-state index is 0.0236. The second-order valence-corrected chi connectivity index (χ2v) is 8.00. The van der Waals surface area contributed by atoms with E-state index in [1.54, 1.807) is 18.3 Å². The minimum atomic E-state index is -0.502. The van der Waals surface area contributed by atoms with Crippen LogP contribution in [0, 0.1) is 11.3 Å². The lowest BCUT2D eigenvalue weighted by Crippen LogP contribution is -2.33. The van der Waals surface area contributed by atoms with Gasteiger partial charge in [0.25, 0.3) is 11.5 Å². The molecule has 4 rings (SSSR count). The van der Waals surface area contributed by atoms with Gasteiger partial charge in [-0.25, -0.2) is 4.98 Å². The molecule has 2 aliphatic heterocycles. The number of amides is 1. The number of anilines is 1. The quantitative estimate of drug-likeness (QED) is 0.587. The zero-order valence-electron chi connectivity index (χ0n) is 17.5. The van der Waals surface area contributed by atoms with E-state index in [-0.39, 0.29) is 22.8 Å². The Balaban J connectivity index is 1.72. The summed E-state index contributed by atoms with van der Waals surface area (Å²) in [5, 5.41) is 12.4. The van der Waals surface area contributed by atoms with E-state index in [1.807, 2.05) is 12.1 Å². The molecule has 0 aromatic carbocycles. The Hall–Kier alpha value is -3.18. The van der Waals surface area contributed by atoms with Crippen LogP contribution in [0.1, 0.15) is 44.1 Å². The number of fused-ring (bicyclic) bond motifs is 1. The van der Waals surface area contributed by atoms with Crippen molar-refractivity contribution in [2.75, 3.05) is 31.1 Å². The number of nitrogens with zero attached hydrogens (tertiary/aromatic N) is 4. The van der Waals surface area contributed by atoms with Gasteiger partial charge < -0.3 is 15.0 Å². The molecule has 8 nitrogen and oxygen atoms in total. The summed E-state index contributed by atoms with van der Waals surface area (Å²) in [6.45, 7) is 2.64. The van der Waals surface area contributed by atoms with E-state index >= 15 is 0 Å². The van der Waals surface area contributed by atoms with Crippen LogP contribution < -0.4 is 15.8 Å². The third-order valence-electron chi connectivity index (χ3n) is 5.82. The van der Waals surface area contributed by atoms with Crippen LogP contribution in [-0.4, -0.2) is 47.6 Å². The molecule has 0 aliphatic carbocycles. The highest BCUT2D eigenvalue weighted by atomic mass is 16.5. The maximum absolute atomic E-state index is 13.3. The van der Waals surface area contributed by atoms with Gasteiger partial charge in [0, 0.05) is 32.4 Å². The molecular formula is C23H27N5O3. The highest BCUT2D eigenvalue weighted by molar-refractivity contribution is 6.02. The average Bonchev–Trinajstić information content (AvgIpc) is 3.17. The lowest BCUT2D eigenvalue weighted by molar-refractivity contribution is -0.117. The standard InChI is InChI=1S/C23H27N5O3/c24-15-17(22(29)25-16-18-8-7-13-31-18)14-19-21(27-10-4-1-2-5-11-27)26-20-9-3-6-12-28(20)23(19)30/h3,6,9,12,14,18H,1-2,4-5,7-8,10-11,13,16H2,(H,25,29)/b17-14+. The number of nitrogens with one attached hydrogen (secondary N) is 1. The molecule has 0 bridgehead atoms. The number of carbonyl (C=O) groups is 1. The smallest absolute Gasteiger partial charge is 0.267 e. The molecule has 4 heterocycles. The first kappa shape index (κ1) is 21.1. The number of aromatic nitrogens is 2. The minimum Gasteiger partial charge on any atom is -0.376 e. The Labute approximate surface area is 181 Å². The Kier molecular flexibility index (Phi) is 6.63. The van der Waals surface area contributed by atoms with Gasteiger partial charge in [-0.1, -0.05) is 18.9 Å². The lowest BCUT2D eigenvalue weighted by atomic mass is 10.1. The number of nitriles is 1. The summed E-state index contributed by atoms with van der Waals surface area (Å²) in [6, 6.07) is 7.34. The van der Waals surface area contributed by atoms with Gasteiger partial charge in [0.05, 0.1) is 11.7 Å². The SMILES string of the molecule is N#C/C(=C\c1c(N2CCCCCC2)nc2ccccn2c1=O)C(=O)NCC1CCCO1. The molecule has 162 valence electrons. The highest BCUT2D eigenvalue weighted by Crippen LogP contribution is 2.22. The molecule has 0 spiro atoms. The van der Waals surface area contributed by atoms with Crippen molar-refractivity contribution in [2.24, 2.45) is 0 Å². The van der Waals surface area contributed by atoms with Crippen LogP contribution in [0.25, 0.3) is 11.7 Å². The summed E-state index contributed by atoms with van der Waals surface area (Å²) < 4.78 is 6.98. The molecule has 2 aromatic heterocycles. The first-order valence-electron chi connectivity index (χ1n) is 11.0. The molecule has 1 atom stereocenters. The fourth-order valence-electron chi connectivity index (χ4n) is 4.14. The highest BCUT2D eigenvalue weighted by Gasteiger charge is 2.22. The molecule has 2 saturated heterocycles. The molecular weight excluding hydrogens is 394 g/mol. The first-order chi connectivity index (χ1) is 15.2.